The summed E-state index contributed by atoms with van der Waals surface area (Å²) in [6.07, 6.45) is 0.185. The Morgan fingerprint density at radius 3 is 2.14 bits per heavy atom. The van der Waals surface area contributed by atoms with Crippen molar-refractivity contribution in [3.8, 4) is 0 Å². The van der Waals surface area contributed by atoms with Crippen LogP contribution in [0.3, 0.4) is 0 Å². The number of anilines is 1. The average Bonchev–Trinajstić information content (AvgIpc) is 3.00. The minimum absolute atomic E-state index is 0.0301. The van der Waals surface area contributed by atoms with Gasteiger partial charge in [-0.15, -0.1) is 0 Å². The van der Waals surface area contributed by atoms with Crippen molar-refractivity contribution in [1.82, 2.24) is 10.2 Å². The number of hydrogen-bond acceptors (Lipinski definition) is 4. The summed E-state index contributed by atoms with van der Waals surface area (Å²) < 4.78 is 42.7. The van der Waals surface area contributed by atoms with Gasteiger partial charge in [-0.25, -0.2) is 12.8 Å². The summed E-state index contributed by atoms with van der Waals surface area (Å²) in [6.45, 7) is 3.26. The van der Waals surface area contributed by atoms with Crippen LogP contribution in [0.25, 0.3) is 0 Å². The molecule has 0 aliphatic carbocycles. The van der Waals surface area contributed by atoms with Crippen molar-refractivity contribution in [2.24, 2.45) is 0 Å². The molecule has 4 aromatic carbocycles. The maximum absolute atomic E-state index is 14.3. The molecule has 0 saturated carbocycles. The molecule has 224 valence electrons. The Morgan fingerprint density at radius 1 is 0.884 bits per heavy atom. The Morgan fingerprint density at radius 2 is 1.51 bits per heavy atom. The topological polar surface area (TPSA) is 86.8 Å². The van der Waals surface area contributed by atoms with E-state index in [-0.39, 0.29) is 29.5 Å². The molecule has 4 rings (SSSR count). The fraction of sp³-hybridized carbons (Fsp3) is 0.212. The van der Waals surface area contributed by atoms with E-state index in [1.165, 1.54) is 29.2 Å². The number of nitrogens with zero attached hydrogens (tertiary/aromatic N) is 2. The molecule has 0 bridgehead atoms. The highest BCUT2D eigenvalue weighted by Gasteiger charge is 2.34. The maximum atomic E-state index is 14.3. The average molecular weight is 622 g/mol. The largest absolute Gasteiger partial charge is 0.355 e. The smallest absolute Gasteiger partial charge is 0.264 e. The van der Waals surface area contributed by atoms with Crippen molar-refractivity contribution in [2.45, 2.75) is 37.8 Å². The normalized spacial score (nSPS) is 11.9. The van der Waals surface area contributed by atoms with Crippen LogP contribution < -0.4 is 9.62 Å². The lowest BCUT2D eigenvalue weighted by Crippen LogP contribution is -2.53. The van der Waals surface area contributed by atoms with Crippen LogP contribution in [0, 0.1) is 12.7 Å². The zero-order valence-corrected chi connectivity index (χ0v) is 25.5. The first-order chi connectivity index (χ1) is 20.6. The molecule has 0 radical (unpaired) electrons. The molecule has 0 spiro atoms. The van der Waals surface area contributed by atoms with E-state index in [1.54, 1.807) is 43.3 Å². The van der Waals surface area contributed by atoms with Crippen LogP contribution in [0.2, 0.25) is 5.02 Å². The third-order valence-corrected chi connectivity index (χ3v) is 9.08. The summed E-state index contributed by atoms with van der Waals surface area (Å²) in [7, 11) is -4.27. The van der Waals surface area contributed by atoms with Gasteiger partial charge in [0.05, 0.1) is 10.6 Å². The zero-order chi connectivity index (χ0) is 31.0. The third kappa shape index (κ3) is 8.00. The van der Waals surface area contributed by atoms with Crippen molar-refractivity contribution in [3.05, 3.63) is 131 Å². The minimum atomic E-state index is -4.27. The van der Waals surface area contributed by atoms with Crippen molar-refractivity contribution in [1.29, 1.82) is 0 Å². The first-order valence-electron chi connectivity index (χ1n) is 13.8. The first kappa shape index (κ1) is 31.7. The standard InChI is InChI=1S/C33H33ClFN3O4S/c1-3-36-33(40)31(21-25-9-5-4-6-10-25)37(22-26-11-7-8-12-30(26)34)32(39)23-38(28-17-15-27(35)16-18-28)43(41,42)29-19-13-24(2)14-20-29/h4-20,31H,3,21-23H2,1-2H3,(H,36,40). The number of benzene rings is 4. The lowest BCUT2D eigenvalue weighted by atomic mass is 10.0. The quantitative estimate of drug-likeness (QED) is 0.218. The van der Waals surface area contributed by atoms with E-state index in [4.69, 9.17) is 11.6 Å². The van der Waals surface area contributed by atoms with Crippen molar-refractivity contribution < 1.29 is 22.4 Å². The molecule has 2 amide bonds. The molecule has 7 nitrogen and oxygen atoms in total. The lowest BCUT2D eigenvalue weighted by molar-refractivity contribution is -0.140. The van der Waals surface area contributed by atoms with Gasteiger partial charge in [-0.1, -0.05) is 77.8 Å². The number of aryl methyl sites for hydroxylation is 1. The summed E-state index contributed by atoms with van der Waals surface area (Å²) in [5.74, 6) is -1.57. The SMILES string of the molecule is CCNC(=O)C(Cc1ccccc1)N(Cc1ccccc1Cl)C(=O)CN(c1ccc(F)cc1)S(=O)(=O)c1ccc(C)cc1. The fourth-order valence-corrected chi connectivity index (χ4v) is 6.24. The van der Waals surface area contributed by atoms with Gasteiger partial charge in [-0.3, -0.25) is 13.9 Å². The summed E-state index contributed by atoms with van der Waals surface area (Å²) in [5, 5.41) is 3.22. The number of carbonyl (C=O) groups is 2. The predicted molar refractivity (Wildman–Crippen MR) is 167 cm³/mol. The molecule has 0 heterocycles. The Kier molecular flexibility index (Phi) is 10.6. The molecule has 1 unspecified atom stereocenters. The van der Waals surface area contributed by atoms with E-state index in [0.29, 0.717) is 17.1 Å². The van der Waals surface area contributed by atoms with Gasteiger partial charge in [-0.05, 0) is 67.4 Å². The number of carbonyl (C=O) groups excluding carboxylic acids is 2. The Balaban J connectivity index is 1.80. The van der Waals surface area contributed by atoms with Crippen molar-refractivity contribution in [3.63, 3.8) is 0 Å². The summed E-state index contributed by atoms with van der Waals surface area (Å²) >= 11 is 6.48. The second kappa shape index (κ2) is 14.3. The molecule has 0 aliphatic rings. The highest BCUT2D eigenvalue weighted by atomic mass is 35.5. The summed E-state index contributed by atoms with van der Waals surface area (Å²) in [4.78, 5) is 29.1. The number of rotatable bonds is 12. The van der Waals surface area contributed by atoms with Gasteiger partial charge >= 0.3 is 0 Å². The fourth-order valence-electron chi connectivity index (χ4n) is 4.63. The molecule has 43 heavy (non-hydrogen) atoms. The van der Waals surface area contributed by atoms with E-state index >= 15 is 0 Å². The van der Waals surface area contributed by atoms with E-state index < -0.39 is 34.3 Å². The molecule has 0 saturated heterocycles. The van der Waals surface area contributed by atoms with Gasteiger partial charge in [0.2, 0.25) is 11.8 Å². The molecule has 0 aliphatic heterocycles. The second-order valence-electron chi connectivity index (χ2n) is 10.0. The van der Waals surface area contributed by atoms with Crippen LogP contribution in [0.15, 0.2) is 108 Å². The number of nitrogens with one attached hydrogen (secondary N) is 1. The monoisotopic (exact) mass is 621 g/mol. The van der Waals surface area contributed by atoms with Crippen LogP contribution >= 0.6 is 11.6 Å². The van der Waals surface area contributed by atoms with Gasteiger partial charge in [0.25, 0.3) is 10.0 Å². The molecule has 4 aromatic rings. The number of likely N-dealkylation sites (N-methyl/N-ethyl adjacent to an activating group) is 1. The van der Waals surface area contributed by atoms with E-state index in [1.807, 2.05) is 37.3 Å². The van der Waals surface area contributed by atoms with Crippen LogP contribution in [0.5, 0.6) is 0 Å². The Hall–Kier alpha value is -4.21. The van der Waals surface area contributed by atoms with Crippen LogP contribution in [-0.4, -0.2) is 44.3 Å². The number of amides is 2. The minimum Gasteiger partial charge on any atom is -0.355 e. The van der Waals surface area contributed by atoms with Crippen LogP contribution in [-0.2, 0) is 32.6 Å². The van der Waals surface area contributed by atoms with Gasteiger partial charge in [0.1, 0.15) is 18.4 Å². The van der Waals surface area contributed by atoms with Gasteiger partial charge in [0, 0.05) is 24.5 Å². The molecular weight excluding hydrogens is 589 g/mol. The van der Waals surface area contributed by atoms with Gasteiger partial charge in [0.15, 0.2) is 0 Å². The van der Waals surface area contributed by atoms with E-state index in [9.17, 15) is 22.4 Å². The number of halogens is 2. The van der Waals surface area contributed by atoms with Gasteiger partial charge < -0.3 is 10.2 Å². The predicted octanol–water partition coefficient (Wildman–Crippen LogP) is 5.76. The van der Waals surface area contributed by atoms with E-state index in [0.717, 1.165) is 27.6 Å². The number of sulfonamides is 1. The first-order valence-corrected chi connectivity index (χ1v) is 15.6. The maximum Gasteiger partial charge on any atom is 0.264 e. The van der Waals surface area contributed by atoms with Crippen molar-refractivity contribution >= 4 is 39.1 Å². The number of hydrogen-bond donors (Lipinski definition) is 1. The molecule has 0 aromatic heterocycles. The van der Waals surface area contributed by atoms with Crippen molar-refractivity contribution in [2.75, 3.05) is 17.4 Å². The highest BCUT2D eigenvalue weighted by molar-refractivity contribution is 7.92. The van der Waals surface area contributed by atoms with Gasteiger partial charge in [-0.2, -0.15) is 0 Å². The molecule has 10 heteroatoms. The zero-order valence-electron chi connectivity index (χ0n) is 23.9. The summed E-state index contributed by atoms with van der Waals surface area (Å²) in [5.41, 5.74) is 2.37. The van der Waals surface area contributed by atoms with Crippen LogP contribution in [0.4, 0.5) is 10.1 Å². The third-order valence-electron chi connectivity index (χ3n) is 6.92. The van der Waals surface area contributed by atoms with E-state index in [2.05, 4.69) is 5.32 Å². The molecule has 0 fully saturated rings. The molecular formula is C33H33ClFN3O4S. The summed E-state index contributed by atoms with van der Waals surface area (Å²) in [6, 6.07) is 26.3. The molecule has 1 atom stereocenters. The molecule has 1 N–H and O–H groups in total. The lowest BCUT2D eigenvalue weighted by Gasteiger charge is -2.34. The Labute approximate surface area is 257 Å². The van der Waals surface area contributed by atoms with Crippen LogP contribution in [0.1, 0.15) is 23.6 Å². The Bertz CT molecular complexity index is 1650. The highest BCUT2D eigenvalue weighted by Crippen LogP contribution is 2.26. The second-order valence-corrected chi connectivity index (χ2v) is 12.3.